The Balaban J connectivity index is 1.81. The number of thioether (sulfide) groups is 1. The molecule has 16 heteroatoms. The fraction of sp³-hybridized carbons (Fsp3) is 0.500. The van der Waals surface area contributed by atoms with Crippen molar-refractivity contribution in [3.05, 3.63) is 17.1 Å². The number of aliphatic carboxylic acids is 1. The van der Waals surface area contributed by atoms with E-state index >= 15 is 0 Å². The Kier molecular flexibility index (Phi) is 7.42. The second-order valence-corrected chi connectivity index (χ2v) is 9.80. The van der Waals surface area contributed by atoms with Crippen molar-refractivity contribution in [1.82, 2.24) is 19.6 Å². The number of aromatic nitrogens is 2. The standard InChI is InChI=1S/C18H24N8O6S2/c1-4-26(2,6-9(19)27)5-8-7-33-16-11(15(29)25(16)12(8)17(30)31)21-14(28)10(23-32-3)13-22-18(20)34-24-13/h11,16H,4-7H2,1-3H3,(H5-,19,20,21,22,24,27,28,30,31)/p+1/b23-10-/t11-,16-,26?/m1/s1. The van der Waals surface area contributed by atoms with E-state index in [1.54, 1.807) is 7.05 Å². The van der Waals surface area contributed by atoms with Crippen molar-refractivity contribution in [2.24, 2.45) is 10.9 Å². The molecule has 14 nitrogen and oxygen atoms in total. The largest absolute Gasteiger partial charge is 0.477 e. The number of primary amides is 1. The maximum atomic E-state index is 12.9. The third-order valence-electron chi connectivity index (χ3n) is 5.46. The van der Waals surface area contributed by atoms with E-state index in [9.17, 15) is 24.3 Å². The van der Waals surface area contributed by atoms with E-state index in [2.05, 4.69) is 19.8 Å². The van der Waals surface area contributed by atoms with E-state index in [1.807, 2.05) is 6.92 Å². The number of nitrogens with zero attached hydrogens (tertiary/aromatic N) is 5. The lowest BCUT2D eigenvalue weighted by Crippen LogP contribution is -2.71. The predicted molar refractivity (Wildman–Crippen MR) is 123 cm³/mol. The average molecular weight is 514 g/mol. The van der Waals surface area contributed by atoms with E-state index in [-0.39, 0.29) is 39.9 Å². The highest BCUT2D eigenvalue weighted by Crippen LogP contribution is 2.40. The highest BCUT2D eigenvalue weighted by Gasteiger charge is 2.55. The SMILES string of the molecule is CC[N+](C)(CC(N)=O)CC1=C(C(=O)O)N2C(=O)[C@@H](NC(=O)/C(=N\OC)c3nsc(N)n3)[C@H]2SC1. The number of hydrogen-bond acceptors (Lipinski definition) is 11. The Hall–Kier alpha value is -3.24. The summed E-state index contributed by atoms with van der Waals surface area (Å²) >= 11 is 2.18. The molecule has 1 fully saturated rings. The van der Waals surface area contributed by atoms with Crippen LogP contribution in [0.2, 0.25) is 0 Å². The number of carbonyl (C=O) groups excluding carboxylic acids is 3. The Morgan fingerprint density at radius 2 is 2.12 bits per heavy atom. The molecule has 0 bridgehead atoms. The molecule has 3 heterocycles. The average Bonchev–Trinajstić information content (AvgIpc) is 3.20. The molecule has 3 amide bonds. The van der Waals surface area contributed by atoms with Crippen LogP contribution in [0.25, 0.3) is 0 Å². The van der Waals surface area contributed by atoms with Gasteiger partial charge < -0.3 is 31.2 Å². The summed E-state index contributed by atoms with van der Waals surface area (Å²) in [5.41, 5.74) is 11.0. The van der Waals surface area contributed by atoms with E-state index in [4.69, 9.17) is 16.3 Å². The molecule has 1 saturated heterocycles. The number of quaternary nitrogens is 1. The second kappa shape index (κ2) is 9.94. The summed E-state index contributed by atoms with van der Waals surface area (Å²) in [7, 11) is 3.04. The van der Waals surface area contributed by atoms with E-state index in [0.29, 0.717) is 17.9 Å². The van der Waals surface area contributed by atoms with Gasteiger partial charge in [-0.2, -0.15) is 9.36 Å². The first-order valence-electron chi connectivity index (χ1n) is 10.0. The summed E-state index contributed by atoms with van der Waals surface area (Å²) in [5, 5.41) is 15.6. The fourth-order valence-corrected chi connectivity index (χ4v) is 5.51. The molecule has 3 atom stereocenters. The molecule has 1 aromatic rings. The molecule has 0 aliphatic carbocycles. The van der Waals surface area contributed by atoms with Crippen molar-refractivity contribution in [2.75, 3.05) is 45.3 Å². The highest BCUT2D eigenvalue weighted by molar-refractivity contribution is 8.00. The van der Waals surface area contributed by atoms with Crippen LogP contribution in [-0.2, 0) is 24.0 Å². The first-order valence-corrected chi connectivity index (χ1v) is 11.9. The number of nitrogen functional groups attached to an aromatic ring is 1. The molecule has 0 saturated carbocycles. The van der Waals surface area contributed by atoms with Crippen molar-refractivity contribution in [3.8, 4) is 0 Å². The summed E-state index contributed by atoms with van der Waals surface area (Å²) < 4.78 is 4.13. The van der Waals surface area contributed by atoms with Crippen LogP contribution < -0.4 is 16.8 Å². The molecule has 34 heavy (non-hydrogen) atoms. The zero-order valence-electron chi connectivity index (χ0n) is 18.7. The molecular formula is C18H25N8O6S2+. The quantitative estimate of drug-likeness (QED) is 0.119. The van der Waals surface area contributed by atoms with Crippen molar-refractivity contribution in [2.45, 2.75) is 18.3 Å². The minimum absolute atomic E-state index is 0.0321. The van der Waals surface area contributed by atoms with Crippen molar-refractivity contribution >= 4 is 57.8 Å². The van der Waals surface area contributed by atoms with Gasteiger partial charge in [-0.15, -0.1) is 11.8 Å². The minimum Gasteiger partial charge on any atom is -0.477 e. The zero-order chi connectivity index (χ0) is 25.2. The maximum absolute atomic E-state index is 12.9. The Morgan fingerprint density at radius 1 is 1.41 bits per heavy atom. The highest BCUT2D eigenvalue weighted by atomic mass is 32.2. The fourth-order valence-electron chi connectivity index (χ4n) is 3.74. The normalized spacial score (nSPS) is 21.9. The number of likely N-dealkylation sites (N-methyl/N-ethyl adjacent to an activating group) is 1. The van der Waals surface area contributed by atoms with Crippen LogP contribution in [0.5, 0.6) is 0 Å². The summed E-state index contributed by atoms with van der Waals surface area (Å²) in [4.78, 5) is 59.1. The summed E-state index contributed by atoms with van der Waals surface area (Å²) in [5.74, 6) is -2.86. The Morgan fingerprint density at radius 3 is 2.65 bits per heavy atom. The van der Waals surface area contributed by atoms with Crippen LogP contribution in [0.1, 0.15) is 12.7 Å². The Bertz CT molecular complexity index is 1090. The van der Waals surface area contributed by atoms with Gasteiger partial charge in [-0.1, -0.05) is 5.16 Å². The minimum atomic E-state index is -1.26. The smallest absolute Gasteiger partial charge is 0.352 e. The van der Waals surface area contributed by atoms with E-state index in [1.165, 1.54) is 18.9 Å². The molecular weight excluding hydrogens is 488 g/mol. The van der Waals surface area contributed by atoms with Crippen LogP contribution in [0.15, 0.2) is 16.4 Å². The molecule has 2 aliphatic heterocycles. The van der Waals surface area contributed by atoms with E-state index in [0.717, 1.165) is 16.4 Å². The molecule has 6 N–H and O–H groups in total. The van der Waals surface area contributed by atoms with Gasteiger partial charge in [0.25, 0.3) is 17.7 Å². The number of carbonyl (C=O) groups is 4. The molecule has 2 aliphatic rings. The lowest BCUT2D eigenvalue weighted by molar-refractivity contribution is -0.895. The van der Waals surface area contributed by atoms with Crippen molar-refractivity contribution < 1.29 is 33.6 Å². The molecule has 0 spiro atoms. The molecule has 1 unspecified atom stereocenters. The van der Waals surface area contributed by atoms with Crippen LogP contribution in [-0.4, -0.2) is 104 Å². The van der Waals surface area contributed by atoms with Crippen LogP contribution in [0, 0.1) is 0 Å². The van der Waals surface area contributed by atoms with Crippen molar-refractivity contribution in [3.63, 3.8) is 0 Å². The molecule has 3 rings (SSSR count). The number of carboxylic acid groups (broad SMARTS) is 1. The van der Waals surface area contributed by atoms with Gasteiger partial charge in [0.1, 0.15) is 30.8 Å². The van der Waals surface area contributed by atoms with Gasteiger partial charge in [0, 0.05) is 22.9 Å². The first-order chi connectivity index (χ1) is 16.0. The van der Waals surface area contributed by atoms with Gasteiger partial charge in [-0.05, 0) is 6.92 Å². The number of β-lactam (4-membered cyclic amide) rings is 1. The van der Waals surface area contributed by atoms with Crippen LogP contribution in [0.4, 0.5) is 5.13 Å². The zero-order valence-corrected chi connectivity index (χ0v) is 20.3. The van der Waals surface area contributed by atoms with Gasteiger partial charge in [0.05, 0.1) is 13.6 Å². The van der Waals surface area contributed by atoms with Gasteiger partial charge >= 0.3 is 5.97 Å². The van der Waals surface area contributed by atoms with Crippen LogP contribution >= 0.6 is 23.3 Å². The second-order valence-electron chi connectivity index (χ2n) is 7.92. The van der Waals surface area contributed by atoms with Gasteiger partial charge in [0.2, 0.25) is 11.5 Å². The number of oxime groups is 1. The number of fused-ring (bicyclic) bond motifs is 1. The summed E-state index contributed by atoms with van der Waals surface area (Å²) in [6, 6.07) is -0.982. The molecule has 184 valence electrons. The summed E-state index contributed by atoms with van der Waals surface area (Å²) in [6.07, 6.45) is 0. The van der Waals surface area contributed by atoms with Gasteiger partial charge in [-0.25, -0.2) is 4.79 Å². The van der Waals surface area contributed by atoms with Gasteiger partial charge in [0.15, 0.2) is 11.7 Å². The van der Waals surface area contributed by atoms with Crippen LogP contribution in [0.3, 0.4) is 0 Å². The number of nitrogens with one attached hydrogen (secondary N) is 1. The lowest BCUT2D eigenvalue weighted by atomic mass is 10.0. The summed E-state index contributed by atoms with van der Waals surface area (Å²) in [6.45, 7) is 2.68. The number of nitrogens with two attached hydrogens (primary N) is 2. The number of anilines is 1. The third kappa shape index (κ3) is 4.97. The third-order valence-corrected chi connectivity index (χ3v) is 7.34. The first kappa shape index (κ1) is 25.4. The van der Waals surface area contributed by atoms with E-state index < -0.39 is 35.1 Å². The topological polar surface area (TPSA) is 203 Å². The number of carboxylic acids is 1. The molecule has 0 aromatic carbocycles. The Labute approximate surface area is 202 Å². The maximum Gasteiger partial charge on any atom is 0.352 e. The lowest BCUT2D eigenvalue weighted by Gasteiger charge is -2.50. The predicted octanol–water partition coefficient (Wildman–Crippen LogP) is -1.84. The molecule has 0 radical (unpaired) electrons. The molecule has 1 aromatic heterocycles. The number of amides is 3. The number of rotatable bonds is 10. The monoisotopic (exact) mass is 513 g/mol. The number of hydrogen-bond donors (Lipinski definition) is 4. The van der Waals surface area contributed by atoms with Crippen molar-refractivity contribution in [1.29, 1.82) is 0 Å². The van der Waals surface area contributed by atoms with Gasteiger partial charge in [-0.3, -0.25) is 19.3 Å².